The monoisotopic (exact) mass is 465 g/mol. The van der Waals surface area contributed by atoms with E-state index < -0.39 is 52.9 Å². The van der Waals surface area contributed by atoms with Crippen molar-refractivity contribution in [3.05, 3.63) is 62.8 Å². The molecule has 1 aromatic carbocycles. The van der Waals surface area contributed by atoms with Crippen LogP contribution in [0, 0.1) is 17.5 Å². The van der Waals surface area contributed by atoms with E-state index in [1.807, 2.05) is 0 Å². The Hall–Kier alpha value is -3.34. The normalized spacial score (nSPS) is 20.0. The third-order valence-corrected chi connectivity index (χ3v) is 6.08. The molecule has 2 aliphatic rings. The van der Waals surface area contributed by atoms with Gasteiger partial charge in [-0.05, 0) is 19.3 Å². The van der Waals surface area contributed by atoms with Gasteiger partial charge in [-0.25, -0.2) is 13.2 Å². The highest BCUT2D eigenvalue weighted by molar-refractivity contribution is 5.99. The molecule has 2 heterocycles. The van der Waals surface area contributed by atoms with E-state index in [2.05, 4.69) is 5.32 Å². The van der Waals surface area contributed by atoms with Crippen molar-refractivity contribution in [2.75, 3.05) is 13.7 Å². The summed E-state index contributed by atoms with van der Waals surface area (Å²) in [6.45, 7) is -0.00882. The van der Waals surface area contributed by atoms with E-state index in [4.69, 9.17) is 4.74 Å². The summed E-state index contributed by atoms with van der Waals surface area (Å²) in [5.41, 5.74) is -1.76. The SMILES string of the molecule is COc1c2n(cc(C(=O)NCc3c(F)cc(F)cc3F)c1=O)CCN(C1CCC(O)C1)C2=O. The number of nitrogens with zero attached hydrogens (tertiary/aromatic N) is 2. The molecule has 2 unspecified atom stereocenters. The number of carbonyl (C=O) groups is 2. The number of methoxy groups -OCH3 is 1. The molecule has 2 N–H and O–H groups in total. The Morgan fingerprint density at radius 3 is 2.48 bits per heavy atom. The summed E-state index contributed by atoms with van der Waals surface area (Å²) < 4.78 is 47.4. The first-order valence-corrected chi connectivity index (χ1v) is 10.4. The van der Waals surface area contributed by atoms with Crippen LogP contribution < -0.4 is 15.5 Å². The number of hydrogen-bond acceptors (Lipinski definition) is 5. The fourth-order valence-electron chi connectivity index (χ4n) is 4.41. The van der Waals surface area contributed by atoms with Gasteiger partial charge in [-0.2, -0.15) is 0 Å². The van der Waals surface area contributed by atoms with Crippen LogP contribution in [0.2, 0.25) is 0 Å². The number of rotatable bonds is 5. The summed E-state index contributed by atoms with van der Waals surface area (Å²) >= 11 is 0. The van der Waals surface area contributed by atoms with Gasteiger partial charge in [0.1, 0.15) is 23.0 Å². The number of ether oxygens (including phenoxy) is 1. The fourth-order valence-corrected chi connectivity index (χ4v) is 4.41. The number of pyridine rings is 1. The fraction of sp³-hybridized carbons (Fsp3) is 0.409. The van der Waals surface area contributed by atoms with Crippen molar-refractivity contribution >= 4 is 11.8 Å². The first-order valence-electron chi connectivity index (χ1n) is 10.4. The van der Waals surface area contributed by atoms with Crippen LogP contribution >= 0.6 is 0 Å². The maximum Gasteiger partial charge on any atom is 0.274 e. The predicted molar refractivity (Wildman–Crippen MR) is 109 cm³/mol. The number of benzene rings is 1. The van der Waals surface area contributed by atoms with Crippen molar-refractivity contribution in [3.8, 4) is 5.75 Å². The van der Waals surface area contributed by atoms with Crippen LogP contribution in [-0.2, 0) is 13.1 Å². The highest BCUT2D eigenvalue weighted by atomic mass is 19.1. The molecule has 1 saturated carbocycles. The van der Waals surface area contributed by atoms with E-state index >= 15 is 0 Å². The van der Waals surface area contributed by atoms with Gasteiger partial charge in [0.15, 0.2) is 11.4 Å². The molecule has 2 aromatic rings. The minimum Gasteiger partial charge on any atom is -0.491 e. The van der Waals surface area contributed by atoms with Gasteiger partial charge < -0.3 is 24.6 Å². The molecule has 0 spiro atoms. The topological polar surface area (TPSA) is 101 Å². The van der Waals surface area contributed by atoms with Crippen LogP contribution in [0.1, 0.15) is 45.7 Å². The van der Waals surface area contributed by atoms with Crippen molar-refractivity contribution in [1.29, 1.82) is 0 Å². The van der Waals surface area contributed by atoms with Crippen molar-refractivity contribution in [1.82, 2.24) is 14.8 Å². The smallest absolute Gasteiger partial charge is 0.274 e. The van der Waals surface area contributed by atoms with E-state index in [-0.39, 0.29) is 29.6 Å². The third kappa shape index (κ3) is 4.20. The Morgan fingerprint density at radius 2 is 1.88 bits per heavy atom. The minimum absolute atomic E-state index is 0.00214. The number of carbonyl (C=O) groups excluding carboxylic acids is 2. The maximum atomic E-state index is 13.8. The number of aromatic nitrogens is 1. The summed E-state index contributed by atoms with van der Waals surface area (Å²) in [6.07, 6.45) is 2.43. The summed E-state index contributed by atoms with van der Waals surface area (Å²) in [5, 5.41) is 12.1. The number of halogens is 3. The number of fused-ring (bicyclic) bond motifs is 1. The quantitative estimate of drug-likeness (QED) is 0.699. The Morgan fingerprint density at radius 1 is 1.18 bits per heavy atom. The van der Waals surface area contributed by atoms with Crippen LogP contribution in [0.4, 0.5) is 13.2 Å². The Kier molecular flexibility index (Phi) is 6.15. The molecule has 0 bridgehead atoms. The molecule has 1 aliphatic heterocycles. The summed E-state index contributed by atoms with van der Waals surface area (Å²) in [7, 11) is 1.20. The van der Waals surface area contributed by atoms with E-state index in [1.165, 1.54) is 17.9 Å². The van der Waals surface area contributed by atoms with Crippen LogP contribution in [0.25, 0.3) is 0 Å². The van der Waals surface area contributed by atoms with Crippen molar-refractivity contribution in [3.63, 3.8) is 0 Å². The Balaban J connectivity index is 1.61. The molecule has 0 saturated heterocycles. The molecule has 176 valence electrons. The third-order valence-electron chi connectivity index (χ3n) is 6.08. The average Bonchev–Trinajstić information content (AvgIpc) is 3.19. The largest absolute Gasteiger partial charge is 0.491 e. The lowest BCUT2D eigenvalue weighted by Crippen LogP contribution is -2.47. The van der Waals surface area contributed by atoms with Gasteiger partial charge in [-0.1, -0.05) is 0 Å². The molecule has 4 rings (SSSR count). The molecule has 11 heteroatoms. The van der Waals surface area contributed by atoms with Gasteiger partial charge in [-0.15, -0.1) is 0 Å². The molecule has 1 aliphatic carbocycles. The number of nitrogens with one attached hydrogen (secondary N) is 1. The predicted octanol–water partition coefficient (Wildman–Crippen LogP) is 1.57. The van der Waals surface area contributed by atoms with E-state index in [9.17, 15) is 32.7 Å². The van der Waals surface area contributed by atoms with Crippen LogP contribution in [-0.4, -0.2) is 52.2 Å². The Labute approximate surface area is 186 Å². The number of amides is 2. The van der Waals surface area contributed by atoms with Crippen LogP contribution in [0.5, 0.6) is 5.75 Å². The van der Waals surface area contributed by atoms with Crippen LogP contribution in [0.15, 0.2) is 23.1 Å². The van der Waals surface area contributed by atoms with E-state index in [0.29, 0.717) is 37.9 Å². The zero-order valence-electron chi connectivity index (χ0n) is 17.7. The highest BCUT2D eigenvalue weighted by Gasteiger charge is 2.37. The zero-order chi connectivity index (χ0) is 23.9. The number of hydrogen-bond donors (Lipinski definition) is 2. The van der Waals surface area contributed by atoms with Gasteiger partial charge >= 0.3 is 0 Å². The average molecular weight is 465 g/mol. The number of aliphatic hydroxyl groups is 1. The second-order valence-corrected chi connectivity index (χ2v) is 8.10. The van der Waals surface area contributed by atoms with Crippen molar-refractivity contribution in [2.45, 2.75) is 44.5 Å². The van der Waals surface area contributed by atoms with Crippen molar-refractivity contribution in [2.24, 2.45) is 0 Å². The number of aliphatic hydroxyl groups excluding tert-OH is 1. The molecular weight excluding hydrogens is 443 g/mol. The molecule has 8 nitrogen and oxygen atoms in total. The second kappa shape index (κ2) is 8.89. The van der Waals surface area contributed by atoms with Gasteiger partial charge in [-0.3, -0.25) is 14.4 Å². The molecular formula is C22H22F3N3O5. The minimum atomic E-state index is -1.17. The van der Waals surface area contributed by atoms with Gasteiger partial charge in [0.25, 0.3) is 11.8 Å². The maximum absolute atomic E-state index is 13.8. The summed E-state index contributed by atoms with van der Waals surface area (Å²) in [6, 6.07) is 0.828. The van der Waals surface area contributed by atoms with Crippen molar-refractivity contribution < 1.29 is 32.6 Å². The van der Waals surface area contributed by atoms with E-state index in [1.54, 1.807) is 4.90 Å². The Bertz CT molecular complexity index is 1160. The molecule has 1 fully saturated rings. The molecule has 0 radical (unpaired) electrons. The highest BCUT2D eigenvalue weighted by Crippen LogP contribution is 2.29. The molecule has 2 atom stereocenters. The van der Waals surface area contributed by atoms with E-state index in [0.717, 1.165) is 0 Å². The lowest BCUT2D eigenvalue weighted by atomic mass is 10.1. The standard InChI is InChI=1S/C22H22F3N3O5/c1-33-20-18-22(32)28(12-2-3-13(29)8-12)5-4-27(18)10-15(19(20)30)21(31)26-9-14-16(24)6-11(23)7-17(14)25/h6-7,10,12-13,29H,2-5,8-9H2,1H3,(H,26,31). The summed E-state index contributed by atoms with van der Waals surface area (Å²) in [4.78, 5) is 40.3. The zero-order valence-corrected chi connectivity index (χ0v) is 17.7. The van der Waals surface area contributed by atoms with Crippen LogP contribution in [0.3, 0.4) is 0 Å². The molecule has 33 heavy (non-hydrogen) atoms. The molecule has 2 amide bonds. The lowest BCUT2D eigenvalue weighted by molar-refractivity contribution is 0.0596. The van der Waals surface area contributed by atoms with Gasteiger partial charge in [0.05, 0.1) is 13.2 Å². The second-order valence-electron chi connectivity index (χ2n) is 8.10. The first kappa shape index (κ1) is 22.8. The lowest BCUT2D eigenvalue weighted by Gasteiger charge is -2.35. The van der Waals surface area contributed by atoms with Gasteiger partial charge in [0, 0.05) is 49.6 Å². The summed E-state index contributed by atoms with van der Waals surface area (Å²) in [5.74, 6) is -5.11. The first-order chi connectivity index (χ1) is 15.7. The van der Waals surface area contributed by atoms with Gasteiger partial charge in [0.2, 0.25) is 5.43 Å². The molecule has 1 aromatic heterocycles.